The Balaban J connectivity index is 1.59. The van der Waals surface area contributed by atoms with Crippen molar-refractivity contribution in [2.75, 3.05) is 7.11 Å². The predicted molar refractivity (Wildman–Crippen MR) is 120 cm³/mol. The van der Waals surface area contributed by atoms with Crippen LogP contribution in [0.15, 0.2) is 53.5 Å². The molecule has 1 aliphatic rings. The zero-order valence-electron chi connectivity index (χ0n) is 16.7. The maximum atomic E-state index is 13.1. The number of ether oxygens (including phenoxy) is 1. The van der Waals surface area contributed by atoms with Gasteiger partial charge in [0.1, 0.15) is 12.0 Å². The lowest BCUT2D eigenvalue weighted by molar-refractivity contribution is -0.111. The van der Waals surface area contributed by atoms with Crippen molar-refractivity contribution in [2.24, 2.45) is 5.92 Å². The molecule has 1 saturated carbocycles. The first-order chi connectivity index (χ1) is 14.7. The van der Waals surface area contributed by atoms with Crippen LogP contribution in [0.3, 0.4) is 0 Å². The van der Waals surface area contributed by atoms with Crippen LogP contribution in [-0.2, 0) is 4.79 Å². The molecule has 2 heterocycles. The summed E-state index contributed by atoms with van der Waals surface area (Å²) in [5, 5.41) is 2.71. The van der Waals surface area contributed by atoms with Crippen LogP contribution in [0.25, 0.3) is 26.7 Å². The van der Waals surface area contributed by atoms with Crippen LogP contribution in [-0.4, -0.2) is 22.9 Å². The average Bonchev–Trinajstić information content (AvgIpc) is 3.22. The van der Waals surface area contributed by atoms with E-state index in [1.54, 1.807) is 29.2 Å². The molecule has 0 saturated heterocycles. The number of hydrogen-bond acceptors (Lipinski definition) is 5. The highest BCUT2D eigenvalue weighted by Gasteiger charge is 2.25. The Bertz CT molecular complexity index is 1300. The largest absolute Gasteiger partial charge is 0.494 e. The second-order valence-electron chi connectivity index (χ2n) is 7.87. The van der Waals surface area contributed by atoms with Gasteiger partial charge in [-0.1, -0.05) is 18.2 Å². The molecule has 1 fully saturated rings. The van der Waals surface area contributed by atoms with Gasteiger partial charge in [-0.15, -0.1) is 11.3 Å². The summed E-state index contributed by atoms with van der Waals surface area (Å²) in [5.74, 6) is 1.22. The van der Waals surface area contributed by atoms with Crippen LogP contribution in [0.2, 0.25) is 0 Å². The number of thiazole rings is 1. The van der Waals surface area contributed by atoms with Crippen molar-refractivity contribution in [3.05, 3.63) is 64.0 Å². The lowest BCUT2D eigenvalue weighted by Gasteiger charge is -2.23. The molecular formula is C24H22N2O3S. The third-order valence-electron chi connectivity index (χ3n) is 6.09. The van der Waals surface area contributed by atoms with Crippen LogP contribution >= 0.6 is 11.3 Å². The lowest BCUT2D eigenvalue weighted by atomic mass is 9.83. The molecule has 152 valence electrons. The Morgan fingerprint density at radius 2 is 1.93 bits per heavy atom. The van der Waals surface area contributed by atoms with Crippen molar-refractivity contribution in [1.29, 1.82) is 0 Å². The SMILES string of the molecule is COc1cc2nc([C@H]3CC[C@H](C=O)CC3)sc2cc1-n1ccc2ccccc2c1=O. The van der Waals surface area contributed by atoms with Gasteiger partial charge in [0.2, 0.25) is 0 Å². The van der Waals surface area contributed by atoms with Crippen molar-refractivity contribution in [2.45, 2.75) is 31.6 Å². The van der Waals surface area contributed by atoms with Gasteiger partial charge in [0.25, 0.3) is 5.56 Å². The van der Waals surface area contributed by atoms with E-state index in [-0.39, 0.29) is 11.5 Å². The molecule has 0 unspecified atom stereocenters. The van der Waals surface area contributed by atoms with E-state index in [1.807, 2.05) is 42.5 Å². The maximum Gasteiger partial charge on any atom is 0.263 e. The molecule has 4 aromatic rings. The molecule has 6 heteroatoms. The number of aromatic nitrogens is 2. The molecule has 0 N–H and O–H groups in total. The number of carbonyl (C=O) groups excluding carboxylic acids is 1. The van der Waals surface area contributed by atoms with Crippen LogP contribution < -0.4 is 10.3 Å². The number of fused-ring (bicyclic) bond motifs is 2. The number of benzene rings is 2. The van der Waals surface area contributed by atoms with E-state index < -0.39 is 0 Å². The van der Waals surface area contributed by atoms with E-state index >= 15 is 0 Å². The molecule has 1 aliphatic carbocycles. The van der Waals surface area contributed by atoms with Gasteiger partial charge in [0.15, 0.2) is 0 Å². The second-order valence-corrected chi connectivity index (χ2v) is 8.93. The molecule has 2 aromatic carbocycles. The zero-order valence-corrected chi connectivity index (χ0v) is 17.5. The number of pyridine rings is 1. The minimum atomic E-state index is -0.0670. The summed E-state index contributed by atoms with van der Waals surface area (Å²) >= 11 is 1.68. The summed E-state index contributed by atoms with van der Waals surface area (Å²) in [5.41, 5.74) is 1.55. The van der Waals surface area contributed by atoms with E-state index in [0.29, 0.717) is 17.1 Å². The Morgan fingerprint density at radius 3 is 2.70 bits per heavy atom. The predicted octanol–water partition coefficient (Wildman–Crippen LogP) is 5.08. The molecule has 0 amide bonds. The van der Waals surface area contributed by atoms with Crippen molar-refractivity contribution >= 4 is 38.6 Å². The number of nitrogens with zero attached hydrogens (tertiary/aromatic N) is 2. The summed E-state index contributed by atoms with van der Waals surface area (Å²) in [6, 6.07) is 13.5. The number of carbonyl (C=O) groups is 1. The third kappa shape index (κ3) is 3.21. The highest BCUT2D eigenvalue weighted by Crippen LogP contribution is 2.40. The molecule has 0 aliphatic heterocycles. The Hall–Kier alpha value is -2.99. The first kappa shape index (κ1) is 19.0. The van der Waals surface area contributed by atoms with E-state index in [2.05, 4.69) is 0 Å². The van der Waals surface area contributed by atoms with Gasteiger partial charge in [-0.05, 0) is 49.3 Å². The molecule has 30 heavy (non-hydrogen) atoms. The Kier molecular flexibility index (Phi) is 4.87. The van der Waals surface area contributed by atoms with Crippen LogP contribution in [0.4, 0.5) is 0 Å². The summed E-state index contributed by atoms with van der Waals surface area (Å²) in [6.07, 6.45) is 6.76. The smallest absolute Gasteiger partial charge is 0.263 e. The number of rotatable bonds is 4. The van der Waals surface area contributed by atoms with Crippen molar-refractivity contribution < 1.29 is 9.53 Å². The van der Waals surface area contributed by atoms with Gasteiger partial charge in [-0.25, -0.2) is 4.98 Å². The fourth-order valence-corrected chi connectivity index (χ4v) is 5.52. The standard InChI is InChI=1S/C24H22N2O3S/c1-29-21-12-19-22(30-23(25-19)17-8-6-15(14-27)7-9-17)13-20(21)26-11-10-16-4-2-3-5-18(16)24(26)28/h2-5,10-15,17H,6-9H2,1H3/t15-,17-. The molecule has 0 spiro atoms. The first-order valence-electron chi connectivity index (χ1n) is 10.2. The molecule has 5 rings (SSSR count). The number of methoxy groups -OCH3 is 1. The van der Waals surface area contributed by atoms with Crippen molar-refractivity contribution in [1.82, 2.24) is 9.55 Å². The Morgan fingerprint density at radius 1 is 1.13 bits per heavy atom. The fourth-order valence-electron chi connectivity index (χ4n) is 4.37. The number of hydrogen-bond donors (Lipinski definition) is 0. The summed E-state index contributed by atoms with van der Waals surface area (Å²) in [4.78, 5) is 29.0. The van der Waals surface area contributed by atoms with Crippen LogP contribution in [0.5, 0.6) is 5.75 Å². The molecule has 0 radical (unpaired) electrons. The summed E-state index contributed by atoms with van der Waals surface area (Å²) in [6.45, 7) is 0. The first-order valence-corrected chi connectivity index (χ1v) is 11.0. The summed E-state index contributed by atoms with van der Waals surface area (Å²) < 4.78 is 8.31. The van der Waals surface area contributed by atoms with E-state index in [1.165, 1.54) is 0 Å². The normalized spacial score (nSPS) is 19.2. The Labute approximate surface area is 177 Å². The monoisotopic (exact) mass is 418 g/mol. The third-order valence-corrected chi connectivity index (χ3v) is 7.27. The second kappa shape index (κ2) is 7.69. The molecule has 0 bridgehead atoms. The van der Waals surface area contributed by atoms with Gasteiger partial charge < -0.3 is 9.53 Å². The molecule has 5 nitrogen and oxygen atoms in total. The van der Waals surface area contributed by atoms with Gasteiger partial charge >= 0.3 is 0 Å². The van der Waals surface area contributed by atoms with Gasteiger partial charge in [0, 0.05) is 29.5 Å². The summed E-state index contributed by atoms with van der Waals surface area (Å²) in [7, 11) is 1.62. The highest BCUT2D eigenvalue weighted by molar-refractivity contribution is 7.18. The average molecular weight is 419 g/mol. The maximum absolute atomic E-state index is 13.1. The number of aldehydes is 1. The van der Waals surface area contributed by atoms with Crippen molar-refractivity contribution in [3.63, 3.8) is 0 Å². The van der Waals surface area contributed by atoms with Gasteiger partial charge in [0.05, 0.1) is 28.0 Å². The van der Waals surface area contributed by atoms with Gasteiger partial charge in [-0.2, -0.15) is 0 Å². The fraction of sp³-hybridized carbons (Fsp3) is 0.292. The quantitative estimate of drug-likeness (QED) is 0.434. The lowest BCUT2D eigenvalue weighted by Crippen LogP contribution is -2.18. The van der Waals surface area contributed by atoms with Crippen LogP contribution in [0.1, 0.15) is 36.6 Å². The minimum absolute atomic E-state index is 0.0670. The van der Waals surface area contributed by atoms with E-state index in [9.17, 15) is 9.59 Å². The van der Waals surface area contributed by atoms with E-state index in [4.69, 9.17) is 9.72 Å². The van der Waals surface area contributed by atoms with Crippen LogP contribution in [0, 0.1) is 5.92 Å². The topological polar surface area (TPSA) is 61.2 Å². The van der Waals surface area contributed by atoms with E-state index in [0.717, 1.165) is 58.3 Å². The van der Waals surface area contributed by atoms with Gasteiger partial charge in [-0.3, -0.25) is 9.36 Å². The molecule has 0 atom stereocenters. The molecular weight excluding hydrogens is 396 g/mol. The highest BCUT2D eigenvalue weighted by atomic mass is 32.1. The molecule has 2 aromatic heterocycles. The minimum Gasteiger partial charge on any atom is -0.494 e. The van der Waals surface area contributed by atoms with Crippen molar-refractivity contribution in [3.8, 4) is 11.4 Å². The zero-order chi connectivity index (χ0) is 20.7.